The third kappa shape index (κ3) is 7.45. The number of nitrogens with two attached hydrogens (primary N) is 1. The van der Waals surface area contributed by atoms with Crippen LogP contribution in [-0.2, 0) is 10.2 Å². The van der Waals surface area contributed by atoms with Gasteiger partial charge in [-0.15, -0.1) is 0 Å². The average molecular weight is 662 g/mol. The Morgan fingerprint density at radius 3 is 2.35 bits per heavy atom. The van der Waals surface area contributed by atoms with E-state index in [0.29, 0.717) is 24.2 Å². The van der Waals surface area contributed by atoms with E-state index in [0.717, 1.165) is 76.9 Å². The van der Waals surface area contributed by atoms with Crippen molar-refractivity contribution in [1.29, 1.82) is 0 Å². The van der Waals surface area contributed by atoms with Crippen molar-refractivity contribution in [2.24, 2.45) is 5.73 Å². The second-order valence-electron chi connectivity index (χ2n) is 15.3. The molecule has 1 aromatic carbocycles. The molecule has 1 saturated carbocycles. The predicted molar refractivity (Wildman–Crippen MR) is 185 cm³/mol. The van der Waals surface area contributed by atoms with Gasteiger partial charge in [0.25, 0.3) is 5.91 Å². The van der Waals surface area contributed by atoms with Crippen LogP contribution in [0.25, 0.3) is 0 Å². The molecule has 0 spiro atoms. The van der Waals surface area contributed by atoms with E-state index in [1.54, 1.807) is 11.1 Å². The van der Waals surface area contributed by atoms with Gasteiger partial charge in [0, 0.05) is 63.3 Å². The van der Waals surface area contributed by atoms with Crippen molar-refractivity contribution in [3.8, 4) is 0 Å². The Morgan fingerprint density at radius 2 is 1.73 bits per heavy atom. The minimum atomic E-state index is -0.646. The lowest BCUT2D eigenvalue weighted by atomic mass is 9.73. The van der Waals surface area contributed by atoms with E-state index in [1.165, 1.54) is 5.56 Å². The Bertz CT molecular complexity index is 1500. The number of aromatic nitrogens is 2. The first-order valence-corrected chi connectivity index (χ1v) is 17.3. The molecule has 1 aliphatic carbocycles. The molecule has 13 nitrogen and oxygen atoms in total. The summed E-state index contributed by atoms with van der Waals surface area (Å²) < 4.78 is 5.60. The number of hydrogen-bond donors (Lipinski definition) is 3. The van der Waals surface area contributed by atoms with Crippen LogP contribution in [0.1, 0.15) is 82.3 Å². The maximum absolute atomic E-state index is 12.6. The van der Waals surface area contributed by atoms with Crippen LogP contribution >= 0.6 is 0 Å². The number of amides is 4. The highest BCUT2D eigenvalue weighted by Gasteiger charge is 2.41. The maximum atomic E-state index is 12.6. The second kappa shape index (κ2) is 13.4. The van der Waals surface area contributed by atoms with Gasteiger partial charge in [-0.2, -0.15) is 0 Å². The molecular weight excluding hydrogens is 610 g/mol. The predicted octanol–water partition coefficient (Wildman–Crippen LogP) is 4.06. The number of nitrogens with zero attached hydrogens (tertiary/aromatic N) is 6. The van der Waals surface area contributed by atoms with E-state index in [9.17, 15) is 14.4 Å². The zero-order chi connectivity index (χ0) is 34.2. The molecule has 0 bridgehead atoms. The molecule has 2 aromatic rings. The van der Waals surface area contributed by atoms with Gasteiger partial charge >= 0.3 is 12.1 Å². The smallest absolute Gasteiger partial charge is 0.407 e. The van der Waals surface area contributed by atoms with Gasteiger partial charge in [0.15, 0.2) is 11.5 Å². The van der Waals surface area contributed by atoms with Gasteiger partial charge in [0.2, 0.25) is 0 Å². The summed E-state index contributed by atoms with van der Waals surface area (Å²) in [6, 6.07) is 8.99. The Labute approximate surface area is 283 Å². The van der Waals surface area contributed by atoms with Crippen LogP contribution in [0.5, 0.6) is 0 Å². The molecule has 6 rings (SSSR count). The Kier molecular flexibility index (Phi) is 9.43. The highest BCUT2D eigenvalue weighted by molar-refractivity contribution is 5.96. The monoisotopic (exact) mass is 661 g/mol. The van der Waals surface area contributed by atoms with E-state index >= 15 is 0 Å². The van der Waals surface area contributed by atoms with E-state index < -0.39 is 5.91 Å². The summed E-state index contributed by atoms with van der Waals surface area (Å²) in [6.45, 7) is 13.1. The summed E-state index contributed by atoms with van der Waals surface area (Å²) in [5, 5.41) is 6.18. The standard InChI is InChI=1S/C35H51N9O4/c1-34(2,3)40-32(46)48-27-19-26(20-27)42-15-12-35(4,13-16-42)23-8-10-24(11-9-23)38-31-29(30(36)45)37-21-28(39-31)43-14-6-7-25(22-43)44-18-17-41(5)33(44)47/h8-11,21,25-27H,6-7,12-20,22H2,1-5H3,(H2,36,45)(H,38,39)(H,40,46). The number of likely N-dealkylation sites (N-methyl/N-ethyl adjacent to an activating group) is 1. The Hall–Kier alpha value is -4.13. The van der Waals surface area contributed by atoms with E-state index in [2.05, 4.69) is 44.5 Å². The molecule has 4 heterocycles. The molecule has 1 atom stereocenters. The van der Waals surface area contributed by atoms with Gasteiger partial charge in [0.1, 0.15) is 11.9 Å². The molecule has 3 saturated heterocycles. The van der Waals surface area contributed by atoms with Crippen LogP contribution in [0.15, 0.2) is 30.5 Å². The summed E-state index contributed by atoms with van der Waals surface area (Å²) >= 11 is 0. The first-order chi connectivity index (χ1) is 22.8. The Balaban J connectivity index is 1.05. The molecular formula is C35H51N9O4. The lowest BCUT2D eigenvalue weighted by molar-refractivity contribution is -0.0254. The van der Waals surface area contributed by atoms with Gasteiger partial charge < -0.3 is 40.7 Å². The molecule has 4 aliphatic rings. The summed E-state index contributed by atoms with van der Waals surface area (Å²) in [5.41, 5.74) is 7.61. The number of carbonyl (C=O) groups excluding carboxylic acids is 3. The molecule has 260 valence electrons. The summed E-state index contributed by atoms with van der Waals surface area (Å²) in [4.78, 5) is 54.7. The number of rotatable bonds is 8. The fourth-order valence-corrected chi connectivity index (χ4v) is 7.41. The largest absolute Gasteiger partial charge is 0.446 e. The number of carbonyl (C=O) groups is 3. The molecule has 0 radical (unpaired) electrons. The van der Waals surface area contributed by atoms with Crippen LogP contribution < -0.4 is 21.3 Å². The lowest BCUT2D eigenvalue weighted by Crippen LogP contribution is -2.54. The van der Waals surface area contributed by atoms with Crippen molar-refractivity contribution in [2.75, 3.05) is 56.5 Å². The van der Waals surface area contributed by atoms with Crippen molar-refractivity contribution in [3.05, 3.63) is 41.7 Å². The molecule has 4 amide bonds. The summed E-state index contributed by atoms with van der Waals surface area (Å²) in [7, 11) is 1.84. The van der Waals surface area contributed by atoms with E-state index in [4.69, 9.17) is 15.5 Å². The van der Waals surface area contributed by atoms with E-state index in [-0.39, 0.29) is 40.9 Å². The summed E-state index contributed by atoms with van der Waals surface area (Å²) in [5.74, 6) is 0.331. The number of primary amides is 1. The zero-order valence-corrected chi connectivity index (χ0v) is 29.0. The summed E-state index contributed by atoms with van der Waals surface area (Å²) in [6.07, 6.45) is 7.01. The maximum Gasteiger partial charge on any atom is 0.407 e. The first kappa shape index (κ1) is 33.8. The number of alkyl carbamates (subject to hydrolysis) is 1. The van der Waals surface area contributed by atoms with Crippen LogP contribution in [0.4, 0.5) is 26.9 Å². The Morgan fingerprint density at radius 1 is 1.02 bits per heavy atom. The highest BCUT2D eigenvalue weighted by Crippen LogP contribution is 2.39. The number of ether oxygens (including phenoxy) is 1. The van der Waals surface area contributed by atoms with Crippen LogP contribution in [0.2, 0.25) is 0 Å². The number of likely N-dealkylation sites (tertiary alicyclic amines) is 1. The van der Waals surface area contributed by atoms with Crippen molar-refractivity contribution < 1.29 is 19.1 Å². The number of anilines is 3. The van der Waals surface area contributed by atoms with E-state index in [1.807, 2.05) is 44.9 Å². The SMILES string of the molecule is CN1CCN(C2CCCN(c3cnc(C(N)=O)c(Nc4ccc(C5(C)CCN(C6CC(OC(=O)NC(C)(C)C)C6)CC5)cc4)n3)C2)C1=O. The molecule has 4 fully saturated rings. The lowest BCUT2D eigenvalue weighted by Gasteiger charge is -2.48. The zero-order valence-electron chi connectivity index (χ0n) is 29.0. The molecule has 4 N–H and O–H groups in total. The minimum Gasteiger partial charge on any atom is -0.446 e. The van der Waals surface area contributed by atoms with Crippen molar-refractivity contribution in [2.45, 2.75) is 95.4 Å². The molecule has 48 heavy (non-hydrogen) atoms. The molecule has 1 unspecified atom stereocenters. The van der Waals surface area contributed by atoms with Crippen molar-refractivity contribution >= 4 is 35.4 Å². The molecule has 13 heteroatoms. The number of nitrogens with one attached hydrogen (secondary N) is 2. The quantitative estimate of drug-likeness (QED) is 0.381. The number of piperidine rings is 2. The van der Waals surface area contributed by atoms with Crippen LogP contribution in [0.3, 0.4) is 0 Å². The second-order valence-corrected chi connectivity index (χ2v) is 15.3. The number of urea groups is 1. The third-order valence-electron chi connectivity index (χ3n) is 10.5. The highest BCUT2D eigenvalue weighted by atomic mass is 16.6. The molecule has 3 aliphatic heterocycles. The third-order valence-corrected chi connectivity index (χ3v) is 10.5. The van der Waals surface area contributed by atoms with Crippen molar-refractivity contribution in [1.82, 2.24) is 30.0 Å². The van der Waals surface area contributed by atoms with Gasteiger partial charge in [0.05, 0.1) is 12.2 Å². The average Bonchev–Trinajstić information content (AvgIpc) is 3.36. The topological polar surface area (TPSA) is 149 Å². The first-order valence-electron chi connectivity index (χ1n) is 17.3. The van der Waals surface area contributed by atoms with Crippen LogP contribution in [-0.4, -0.2) is 113 Å². The fraction of sp³-hybridized carbons (Fsp3) is 0.629. The number of benzene rings is 1. The minimum absolute atomic E-state index is 0.00849. The van der Waals surface area contributed by atoms with Gasteiger partial charge in [-0.3, -0.25) is 4.79 Å². The fourth-order valence-electron chi connectivity index (χ4n) is 7.41. The molecule has 1 aromatic heterocycles. The number of hydrogen-bond acceptors (Lipinski definition) is 9. The van der Waals surface area contributed by atoms with Crippen molar-refractivity contribution in [3.63, 3.8) is 0 Å². The van der Waals surface area contributed by atoms with Gasteiger partial charge in [-0.1, -0.05) is 19.1 Å². The van der Waals surface area contributed by atoms with Crippen LogP contribution in [0, 0.1) is 0 Å². The van der Waals surface area contributed by atoms with Gasteiger partial charge in [-0.25, -0.2) is 19.6 Å². The van der Waals surface area contributed by atoms with Gasteiger partial charge in [-0.05, 0) is 82.7 Å². The normalized spacial score (nSPS) is 24.6.